The molecule has 0 aliphatic carbocycles. The molecule has 0 fully saturated rings. The maximum absolute atomic E-state index is 4.33. The van der Waals surface area contributed by atoms with Crippen molar-refractivity contribution in [1.29, 1.82) is 0 Å². The lowest BCUT2D eigenvalue weighted by atomic mass is 10.2. The highest BCUT2D eigenvalue weighted by molar-refractivity contribution is 9.09. The van der Waals surface area contributed by atoms with Crippen LogP contribution in [0.15, 0.2) is 12.1 Å². The highest BCUT2D eigenvalue weighted by Crippen LogP contribution is 2.10. The van der Waals surface area contributed by atoms with Gasteiger partial charge >= 0.3 is 0 Å². The molecule has 6 nitrogen and oxygen atoms in total. The molecular formula is C10H15BrN6. The van der Waals surface area contributed by atoms with Gasteiger partial charge in [-0.2, -0.15) is 0 Å². The first-order chi connectivity index (χ1) is 8.31. The molecule has 0 spiro atoms. The minimum absolute atomic E-state index is 0.668. The van der Waals surface area contributed by atoms with Crippen LogP contribution in [0, 0.1) is 0 Å². The Labute approximate surface area is 108 Å². The quantitative estimate of drug-likeness (QED) is 0.598. The molecule has 2 heterocycles. The number of unbranched alkanes of at least 4 members (excludes halogenated alkanes) is 2. The van der Waals surface area contributed by atoms with Gasteiger partial charge in [0.1, 0.15) is 0 Å². The minimum atomic E-state index is 0.668. The Morgan fingerprint density at radius 1 is 1.29 bits per heavy atom. The highest BCUT2D eigenvalue weighted by Gasteiger charge is 2.05. The van der Waals surface area contributed by atoms with E-state index in [0.717, 1.165) is 24.1 Å². The van der Waals surface area contributed by atoms with Crippen LogP contribution in [0.1, 0.15) is 19.3 Å². The summed E-state index contributed by atoms with van der Waals surface area (Å²) in [6.07, 6.45) is 3.60. The van der Waals surface area contributed by atoms with Crippen LogP contribution < -0.4 is 4.90 Å². The number of nitrogens with zero attached hydrogens (tertiary/aromatic N) is 6. The first kappa shape index (κ1) is 12.2. The molecule has 2 aromatic heterocycles. The molecule has 0 N–H and O–H groups in total. The molecule has 0 unspecified atom stereocenters. The molecule has 0 aliphatic rings. The van der Waals surface area contributed by atoms with E-state index in [1.54, 1.807) is 0 Å². The van der Waals surface area contributed by atoms with Crippen molar-refractivity contribution in [2.75, 3.05) is 23.8 Å². The summed E-state index contributed by atoms with van der Waals surface area (Å²) in [4.78, 5) is 2.12. The van der Waals surface area contributed by atoms with Gasteiger partial charge in [-0.3, -0.25) is 0 Å². The van der Waals surface area contributed by atoms with Crippen LogP contribution >= 0.6 is 15.9 Å². The molecule has 2 aromatic rings. The standard InChI is InChI=1S/C10H15BrN6/c1-16(8-4-2-3-7-11)10-6-5-9-12-14-15-17(9)13-10/h5-6H,2-4,7-8H2,1H3. The lowest BCUT2D eigenvalue weighted by Gasteiger charge is -2.17. The number of fused-ring (bicyclic) bond motifs is 1. The van der Waals surface area contributed by atoms with Crippen LogP contribution in [0.2, 0.25) is 0 Å². The number of hydrogen-bond acceptors (Lipinski definition) is 5. The number of anilines is 1. The maximum Gasteiger partial charge on any atom is 0.200 e. The van der Waals surface area contributed by atoms with Gasteiger partial charge in [0, 0.05) is 18.9 Å². The summed E-state index contributed by atoms with van der Waals surface area (Å²) in [5, 5.41) is 16.6. The van der Waals surface area contributed by atoms with Gasteiger partial charge in [-0.15, -0.1) is 14.8 Å². The average Bonchev–Trinajstić information content (AvgIpc) is 2.81. The van der Waals surface area contributed by atoms with Crippen LogP contribution in [0.5, 0.6) is 0 Å². The number of halogens is 1. The Balaban J connectivity index is 1.95. The lowest BCUT2D eigenvalue weighted by molar-refractivity contribution is 0.686. The van der Waals surface area contributed by atoms with Gasteiger partial charge in [0.05, 0.1) is 0 Å². The molecule has 0 saturated heterocycles. The van der Waals surface area contributed by atoms with Crippen LogP contribution in [0.4, 0.5) is 5.82 Å². The number of tetrazole rings is 1. The average molecular weight is 299 g/mol. The smallest absolute Gasteiger partial charge is 0.200 e. The van der Waals surface area contributed by atoms with E-state index in [2.05, 4.69) is 41.5 Å². The van der Waals surface area contributed by atoms with Crippen LogP contribution in [-0.2, 0) is 0 Å². The third kappa shape index (κ3) is 3.12. The van der Waals surface area contributed by atoms with Crippen molar-refractivity contribution < 1.29 is 0 Å². The van der Waals surface area contributed by atoms with Crippen molar-refractivity contribution in [2.24, 2.45) is 0 Å². The molecule has 0 radical (unpaired) electrons. The van der Waals surface area contributed by atoms with Gasteiger partial charge in [-0.25, -0.2) is 0 Å². The number of alkyl halides is 1. The van der Waals surface area contributed by atoms with Gasteiger partial charge in [-0.05, 0) is 35.4 Å². The minimum Gasteiger partial charge on any atom is -0.358 e. The predicted octanol–water partition coefficient (Wildman–Crippen LogP) is 1.52. The van der Waals surface area contributed by atoms with Crippen molar-refractivity contribution in [1.82, 2.24) is 25.3 Å². The van der Waals surface area contributed by atoms with E-state index in [-0.39, 0.29) is 0 Å². The van der Waals surface area contributed by atoms with E-state index in [0.29, 0.717) is 5.65 Å². The van der Waals surface area contributed by atoms with Crippen molar-refractivity contribution in [3.8, 4) is 0 Å². The summed E-state index contributed by atoms with van der Waals surface area (Å²) >= 11 is 3.43. The molecule has 7 heteroatoms. The number of rotatable bonds is 6. The molecule has 2 rings (SSSR count). The van der Waals surface area contributed by atoms with Gasteiger partial charge in [0.25, 0.3) is 0 Å². The van der Waals surface area contributed by atoms with Crippen molar-refractivity contribution in [3.05, 3.63) is 12.1 Å². The van der Waals surface area contributed by atoms with Crippen molar-refractivity contribution in [2.45, 2.75) is 19.3 Å². The van der Waals surface area contributed by atoms with Crippen molar-refractivity contribution >= 4 is 27.4 Å². The molecular weight excluding hydrogens is 284 g/mol. The molecule has 0 atom stereocenters. The van der Waals surface area contributed by atoms with E-state index in [1.165, 1.54) is 17.5 Å². The summed E-state index contributed by atoms with van der Waals surface area (Å²) in [5.74, 6) is 0.892. The Kier molecular flexibility index (Phi) is 4.24. The van der Waals surface area contributed by atoms with Crippen molar-refractivity contribution in [3.63, 3.8) is 0 Å². The Morgan fingerprint density at radius 2 is 2.18 bits per heavy atom. The molecule has 0 aliphatic heterocycles. The number of aromatic nitrogens is 5. The third-order valence-electron chi connectivity index (χ3n) is 2.57. The van der Waals surface area contributed by atoms with Crippen LogP contribution in [0.3, 0.4) is 0 Å². The molecule has 0 amide bonds. The first-order valence-electron chi connectivity index (χ1n) is 5.64. The summed E-state index contributed by atoms with van der Waals surface area (Å²) in [7, 11) is 2.03. The topological polar surface area (TPSA) is 59.2 Å². The van der Waals surface area contributed by atoms with E-state index in [9.17, 15) is 0 Å². The summed E-state index contributed by atoms with van der Waals surface area (Å²) in [5.41, 5.74) is 0.668. The fraction of sp³-hybridized carbons (Fsp3) is 0.600. The second kappa shape index (κ2) is 5.90. The first-order valence-corrected chi connectivity index (χ1v) is 6.76. The van der Waals surface area contributed by atoms with E-state index < -0.39 is 0 Å². The van der Waals surface area contributed by atoms with Crippen LogP contribution in [0.25, 0.3) is 5.65 Å². The zero-order chi connectivity index (χ0) is 12.1. The largest absolute Gasteiger partial charge is 0.358 e. The third-order valence-corrected chi connectivity index (χ3v) is 3.13. The molecule has 0 bridgehead atoms. The van der Waals surface area contributed by atoms with Gasteiger partial charge in [-0.1, -0.05) is 22.4 Å². The normalized spacial score (nSPS) is 10.9. The summed E-state index contributed by atoms with van der Waals surface area (Å²) in [6, 6.07) is 3.81. The Bertz CT molecular complexity index is 471. The fourth-order valence-corrected chi connectivity index (χ4v) is 1.98. The monoisotopic (exact) mass is 298 g/mol. The van der Waals surface area contributed by atoms with Gasteiger partial charge < -0.3 is 4.90 Å². The molecule has 0 saturated carbocycles. The Hall–Kier alpha value is -1.24. The highest BCUT2D eigenvalue weighted by atomic mass is 79.9. The van der Waals surface area contributed by atoms with Gasteiger partial charge in [0.15, 0.2) is 11.5 Å². The molecule has 17 heavy (non-hydrogen) atoms. The summed E-state index contributed by atoms with van der Waals surface area (Å²) < 4.78 is 1.45. The second-order valence-corrected chi connectivity index (χ2v) is 4.68. The predicted molar refractivity (Wildman–Crippen MR) is 69.5 cm³/mol. The summed E-state index contributed by atoms with van der Waals surface area (Å²) in [6.45, 7) is 0.994. The molecule has 92 valence electrons. The van der Waals surface area contributed by atoms with E-state index in [4.69, 9.17) is 0 Å². The Morgan fingerprint density at radius 3 is 3.00 bits per heavy atom. The maximum atomic E-state index is 4.33. The number of hydrogen-bond donors (Lipinski definition) is 0. The zero-order valence-electron chi connectivity index (χ0n) is 9.75. The SMILES string of the molecule is CN(CCCCCBr)c1ccc2nnnn2n1. The second-order valence-electron chi connectivity index (χ2n) is 3.89. The zero-order valence-corrected chi connectivity index (χ0v) is 11.3. The van der Waals surface area contributed by atoms with Gasteiger partial charge in [0.2, 0.25) is 0 Å². The lowest BCUT2D eigenvalue weighted by Crippen LogP contribution is -2.20. The molecule has 0 aromatic carbocycles. The van der Waals surface area contributed by atoms with E-state index >= 15 is 0 Å². The van der Waals surface area contributed by atoms with E-state index in [1.807, 2.05) is 19.2 Å². The van der Waals surface area contributed by atoms with Crippen LogP contribution in [-0.4, -0.2) is 44.2 Å². The fourth-order valence-electron chi connectivity index (χ4n) is 1.58.